The number of benzene rings is 2. The summed E-state index contributed by atoms with van der Waals surface area (Å²) < 4.78 is 9.75. The van der Waals surface area contributed by atoms with Crippen molar-refractivity contribution in [3.8, 4) is 23.7 Å². The van der Waals surface area contributed by atoms with Crippen LogP contribution in [0.3, 0.4) is 0 Å². The number of carbonyl (C=O) groups excluding carboxylic acids is 2. The maximum Gasteiger partial charge on any atom is 0.411 e. The summed E-state index contributed by atoms with van der Waals surface area (Å²) in [7, 11) is 0. The van der Waals surface area contributed by atoms with E-state index in [9.17, 15) is 9.59 Å². The van der Waals surface area contributed by atoms with Crippen molar-refractivity contribution in [1.29, 1.82) is 0 Å². The molecule has 6 nitrogen and oxygen atoms in total. The Balaban J connectivity index is 2.16. The van der Waals surface area contributed by atoms with E-state index in [1.165, 1.54) is 0 Å². The van der Waals surface area contributed by atoms with Gasteiger partial charge >= 0.3 is 12.2 Å². The zero-order valence-electron chi connectivity index (χ0n) is 15.7. The molecule has 0 aliphatic heterocycles. The van der Waals surface area contributed by atoms with Gasteiger partial charge in [-0.25, -0.2) is 9.59 Å². The van der Waals surface area contributed by atoms with Gasteiger partial charge < -0.3 is 9.47 Å². The molecule has 2 N–H and O–H groups in total. The highest BCUT2D eigenvalue weighted by molar-refractivity contribution is 5.87. The zero-order chi connectivity index (χ0) is 20.2. The summed E-state index contributed by atoms with van der Waals surface area (Å²) >= 11 is 0. The van der Waals surface area contributed by atoms with Gasteiger partial charge in [-0.15, -0.1) is 0 Å². The van der Waals surface area contributed by atoms with Crippen molar-refractivity contribution in [3.05, 3.63) is 59.7 Å². The molecule has 2 aromatic rings. The molecule has 0 saturated carbocycles. The Labute approximate surface area is 164 Å². The van der Waals surface area contributed by atoms with Crippen LogP contribution in [0.25, 0.3) is 0 Å². The van der Waals surface area contributed by atoms with E-state index in [2.05, 4.69) is 34.3 Å². The van der Waals surface area contributed by atoms with Crippen LogP contribution >= 0.6 is 0 Å². The van der Waals surface area contributed by atoms with Crippen LogP contribution < -0.4 is 10.6 Å². The molecular weight excluding hydrogens is 356 g/mol. The number of hydrogen-bond acceptors (Lipinski definition) is 4. The summed E-state index contributed by atoms with van der Waals surface area (Å²) in [5.74, 6) is 11.3. The van der Waals surface area contributed by atoms with E-state index in [4.69, 9.17) is 9.47 Å². The Kier molecular flexibility index (Phi) is 7.98. The van der Waals surface area contributed by atoms with E-state index in [0.717, 1.165) is 0 Å². The standard InChI is InChI=1S/C22H20N2O4/c1-3-27-21(25)23-19-15-9-7-13-17(19)11-5-6-12-18-14-8-10-16-20(18)24-22(26)28-4-2/h7-10,13-16H,3-4H2,1-2H3,(H,23,25)(H,24,26). The monoisotopic (exact) mass is 376 g/mol. The van der Waals surface area contributed by atoms with E-state index >= 15 is 0 Å². The molecule has 0 unspecified atom stereocenters. The first-order chi connectivity index (χ1) is 13.6. The fraction of sp³-hybridized carbons (Fsp3) is 0.182. The number of hydrogen-bond donors (Lipinski definition) is 2. The lowest BCUT2D eigenvalue weighted by molar-refractivity contribution is 0.167. The van der Waals surface area contributed by atoms with Crippen LogP contribution in [0, 0.1) is 23.7 Å². The zero-order valence-corrected chi connectivity index (χ0v) is 15.7. The van der Waals surface area contributed by atoms with E-state index < -0.39 is 12.2 Å². The minimum atomic E-state index is -0.540. The molecule has 0 aliphatic rings. The SMILES string of the molecule is CCOC(=O)Nc1ccccc1C#CC#Cc1ccccc1NC(=O)OCC. The van der Waals surface area contributed by atoms with Gasteiger partial charge in [0.2, 0.25) is 0 Å². The largest absolute Gasteiger partial charge is 0.450 e. The van der Waals surface area contributed by atoms with E-state index in [0.29, 0.717) is 22.5 Å². The second-order valence-electron chi connectivity index (χ2n) is 5.28. The molecular formula is C22H20N2O4. The molecule has 142 valence electrons. The Morgan fingerprint density at radius 3 is 1.54 bits per heavy atom. The highest BCUT2D eigenvalue weighted by Gasteiger charge is 2.05. The Bertz CT molecular complexity index is 882. The van der Waals surface area contributed by atoms with Crippen LogP contribution in [0.5, 0.6) is 0 Å². The molecule has 0 heterocycles. The minimum absolute atomic E-state index is 0.282. The average molecular weight is 376 g/mol. The number of para-hydroxylation sites is 2. The van der Waals surface area contributed by atoms with Crippen LogP contribution in [0.2, 0.25) is 0 Å². The smallest absolute Gasteiger partial charge is 0.411 e. The van der Waals surface area contributed by atoms with E-state index in [1.807, 2.05) is 12.1 Å². The predicted octanol–water partition coefficient (Wildman–Crippen LogP) is 4.23. The summed E-state index contributed by atoms with van der Waals surface area (Å²) in [4.78, 5) is 23.2. The molecule has 0 saturated heterocycles. The molecule has 2 amide bonds. The van der Waals surface area contributed by atoms with Crippen LogP contribution in [0.15, 0.2) is 48.5 Å². The molecule has 6 heteroatoms. The second-order valence-corrected chi connectivity index (χ2v) is 5.28. The lowest BCUT2D eigenvalue weighted by atomic mass is 10.1. The van der Waals surface area contributed by atoms with Crippen molar-refractivity contribution in [1.82, 2.24) is 0 Å². The van der Waals surface area contributed by atoms with Gasteiger partial charge in [0.25, 0.3) is 0 Å². The highest BCUT2D eigenvalue weighted by atomic mass is 16.6. The fourth-order valence-electron chi connectivity index (χ4n) is 2.15. The molecule has 28 heavy (non-hydrogen) atoms. The van der Waals surface area contributed by atoms with Crippen molar-refractivity contribution < 1.29 is 19.1 Å². The predicted molar refractivity (Wildman–Crippen MR) is 108 cm³/mol. The topological polar surface area (TPSA) is 76.7 Å². The molecule has 0 aromatic heterocycles. The average Bonchev–Trinajstić information content (AvgIpc) is 2.68. The number of anilines is 2. The van der Waals surface area contributed by atoms with Gasteiger partial charge in [0.15, 0.2) is 0 Å². The highest BCUT2D eigenvalue weighted by Crippen LogP contribution is 2.15. The number of rotatable bonds is 4. The van der Waals surface area contributed by atoms with E-state index in [-0.39, 0.29) is 13.2 Å². The number of nitrogens with one attached hydrogen (secondary N) is 2. The molecule has 0 aliphatic carbocycles. The van der Waals surface area contributed by atoms with Crippen molar-refractivity contribution in [3.63, 3.8) is 0 Å². The molecule has 0 atom stereocenters. The third-order valence-electron chi connectivity index (χ3n) is 3.34. The third-order valence-corrected chi connectivity index (χ3v) is 3.34. The lowest BCUT2D eigenvalue weighted by Crippen LogP contribution is -2.14. The van der Waals surface area contributed by atoms with Crippen molar-refractivity contribution in [2.45, 2.75) is 13.8 Å². The van der Waals surface area contributed by atoms with Gasteiger partial charge in [0, 0.05) is 11.1 Å². The molecule has 0 fully saturated rings. The first-order valence-corrected chi connectivity index (χ1v) is 8.71. The second kappa shape index (κ2) is 10.9. The van der Waals surface area contributed by atoms with Gasteiger partial charge in [-0.3, -0.25) is 10.6 Å². The van der Waals surface area contributed by atoms with Gasteiger partial charge in [-0.1, -0.05) is 36.1 Å². The first kappa shape index (κ1) is 20.4. The molecule has 0 spiro atoms. The van der Waals surface area contributed by atoms with Crippen LogP contribution in [0.4, 0.5) is 21.0 Å². The first-order valence-electron chi connectivity index (χ1n) is 8.71. The summed E-state index contributed by atoms with van der Waals surface area (Å²) in [6.45, 7) is 4.03. The minimum Gasteiger partial charge on any atom is -0.450 e. The summed E-state index contributed by atoms with van der Waals surface area (Å²) in [5.41, 5.74) is 2.31. The molecule has 0 radical (unpaired) electrons. The van der Waals surface area contributed by atoms with Crippen molar-refractivity contribution in [2.24, 2.45) is 0 Å². The molecule has 0 bridgehead atoms. The summed E-state index contributed by atoms with van der Waals surface area (Å²) in [5, 5.41) is 5.28. The molecule has 2 rings (SSSR count). The normalized spacial score (nSPS) is 9.07. The van der Waals surface area contributed by atoms with Crippen LogP contribution in [-0.4, -0.2) is 25.4 Å². The van der Waals surface area contributed by atoms with Gasteiger partial charge in [-0.05, 0) is 50.0 Å². The van der Waals surface area contributed by atoms with Crippen molar-refractivity contribution >= 4 is 23.6 Å². The van der Waals surface area contributed by atoms with Crippen LogP contribution in [0.1, 0.15) is 25.0 Å². The maximum atomic E-state index is 11.6. The maximum absolute atomic E-state index is 11.6. The number of carbonyl (C=O) groups is 2. The number of amides is 2. The molecule has 2 aromatic carbocycles. The lowest BCUT2D eigenvalue weighted by Gasteiger charge is -2.06. The van der Waals surface area contributed by atoms with Gasteiger partial charge in [0.05, 0.1) is 24.6 Å². The van der Waals surface area contributed by atoms with Crippen LogP contribution in [-0.2, 0) is 9.47 Å². The van der Waals surface area contributed by atoms with Gasteiger partial charge in [-0.2, -0.15) is 0 Å². The number of ether oxygens (including phenoxy) is 2. The fourth-order valence-corrected chi connectivity index (χ4v) is 2.15. The van der Waals surface area contributed by atoms with Crippen molar-refractivity contribution in [2.75, 3.05) is 23.8 Å². The Morgan fingerprint density at radius 2 is 1.14 bits per heavy atom. The Hall–Kier alpha value is -3.90. The third kappa shape index (κ3) is 6.44. The van der Waals surface area contributed by atoms with Gasteiger partial charge in [0.1, 0.15) is 0 Å². The summed E-state index contributed by atoms with van der Waals surface area (Å²) in [6.07, 6.45) is -1.08. The Morgan fingerprint density at radius 1 is 0.750 bits per heavy atom. The van der Waals surface area contributed by atoms with E-state index in [1.54, 1.807) is 50.2 Å². The quantitative estimate of drug-likeness (QED) is 0.783. The summed E-state index contributed by atoms with van der Waals surface area (Å²) in [6, 6.07) is 14.2.